The summed E-state index contributed by atoms with van der Waals surface area (Å²) >= 11 is 0. The molecule has 0 aliphatic carbocycles. The van der Waals surface area contributed by atoms with Crippen molar-refractivity contribution in [3.05, 3.63) is 48.6 Å². The molecule has 1 rings (SSSR count). The fourth-order valence-electron chi connectivity index (χ4n) is 1.81. The first-order chi connectivity index (χ1) is 9.39. The van der Waals surface area contributed by atoms with E-state index in [4.69, 9.17) is 4.74 Å². The molecule has 1 aliphatic rings. The van der Waals surface area contributed by atoms with Crippen LogP contribution in [0.1, 0.15) is 44.9 Å². The first-order valence-corrected chi connectivity index (χ1v) is 7.21. The maximum atomic E-state index is 11.3. The van der Waals surface area contributed by atoms with E-state index in [0.717, 1.165) is 19.3 Å². The Morgan fingerprint density at radius 3 is 2.00 bits per heavy atom. The van der Waals surface area contributed by atoms with E-state index in [0.29, 0.717) is 6.61 Å². The Kier molecular flexibility index (Phi) is 9.39. The van der Waals surface area contributed by atoms with Crippen LogP contribution in [0, 0.1) is 0 Å². The van der Waals surface area contributed by atoms with Gasteiger partial charge in [-0.3, -0.25) is 0 Å². The highest BCUT2D eigenvalue weighted by Crippen LogP contribution is 2.06. The molecule has 0 fully saturated rings. The molecule has 0 bridgehead atoms. The molecule has 0 unspecified atom stereocenters. The zero-order chi connectivity index (χ0) is 13.6. The van der Waals surface area contributed by atoms with Crippen LogP contribution in [0.2, 0.25) is 0 Å². The summed E-state index contributed by atoms with van der Waals surface area (Å²) < 4.78 is 5.05. The van der Waals surface area contributed by atoms with Crippen LogP contribution in [0.25, 0.3) is 0 Å². The molecular weight excluding hydrogens is 236 g/mol. The van der Waals surface area contributed by atoms with Crippen LogP contribution < -0.4 is 0 Å². The predicted molar refractivity (Wildman–Crippen MR) is 79.8 cm³/mol. The van der Waals surface area contributed by atoms with Gasteiger partial charge >= 0.3 is 5.97 Å². The molecule has 2 heteroatoms. The molecule has 2 nitrogen and oxygen atoms in total. The number of carbonyl (C=O) groups is 1. The molecule has 0 atom stereocenters. The Bertz CT molecular complexity index is 348. The fraction of sp³-hybridized carbons (Fsp3) is 0.471. The topological polar surface area (TPSA) is 26.3 Å². The summed E-state index contributed by atoms with van der Waals surface area (Å²) in [6.45, 7) is 0.442. The van der Waals surface area contributed by atoms with Crippen molar-refractivity contribution in [2.24, 2.45) is 0 Å². The first kappa shape index (κ1) is 15.5. The van der Waals surface area contributed by atoms with Gasteiger partial charge in [0.25, 0.3) is 0 Å². The summed E-state index contributed by atoms with van der Waals surface area (Å²) in [5.41, 5.74) is 0. The number of allylic oxidation sites excluding steroid dienone is 6. The first-order valence-electron chi connectivity index (χ1n) is 7.21. The van der Waals surface area contributed by atoms with Gasteiger partial charge < -0.3 is 4.74 Å². The van der Waals surface area contributed by atoms with Crippen molar-refractivity contribution in [1.29, 1.82) is 0 Å². The van der Waals surface area contributed by atoms with Crippen LogP contribution in [0.15, 0.2) is 48.6 Å². The summed E-state index contributed by atoms with van der Waals surface area (Å²) in [5.74, 6) is -0.269. The maximum absolute atomic E-state index is 11.3. The highest BCUT2D eigenvalue weighted by atomic mass is 16.5. The number of hydrogen-bond donors (Lipinski definition) is 0. The lowest BCUT2D eigenvalue weighted by atomic mass is 10.1. The van der Waals surface area contributed by atoms with E-state index in [1.807, 2.05) is 18.2 Å². The van der Waals surface area contributed by atoms with E-state index < -0.39 is 0 Å². The van der Waals surface area contributed by atoms with Crippen LogP contribution in [0.4, 0.5) is 0 Å². The second-order valence-corrected chi connectivity index (χ2v) is 4.59. The van der Waals surface area contributed by atoms with Crippen molar-refractivity contribution >= 4 is 5.97 Å². The summed E-state index contributed by atoms with van der Waals surface area (Å²) in [6, 6.07) is 0. The van der Waals surface area contributed by atoms with Gasteiger partial charge in [-0.25, -0.2) is 4.79 Å². The van der Waals surface area contributed by atoms with Gasteiger partial charge in [0.05, 0.1) is 6.61 Å². The monoisotopic (exact) mass is 260 g/mol. The molecular formula is C17H24O2. The van der Waals surface area contributed by atoms with Crippen LogP contribution in [0.3, 0.4) is 0 Å². The summed E-state index contributed by atoms with van der Waals surface area (Å²) in [4.78, 5) is 11.3. The molecule has 1 heterocycles. The molecule has 19 heavy (non-hydrogen) atoms. The average molecular weight is 260 g/mol. The second-order valence-electron chi connectivity index (χ2n) is 4.59. The van der Waals surface area contributed by atoms with Crippen molar-refractivity contribution in [3.63, 3.8) is 0 Å². The Morgan fingerprint density at radius 2 is 1.32 bits per heavy atom. The molecule has 0 spiro atoms. The van der Waals surface area contributed by atoms with Crippen molar-refractivity contribution in [2.45, 2.75) is 44.9 Å². The minimum Gasteiger partial charge on any atom is -0.462 e. The van der Waals surface area contributed by atoms with Crippen LogP contribution in [-0.2, 0) is 9.53 Å². The number of rotatable bonds is 0. The molecule has 0 saturated heterocycles. The third-order valence-corrected chi connectivity index (χ3v) is 2.88. The predicted octanol–water partition coefficient (Wildman–Crippen LogP) is 4.50. The van der Waals surface area contributed by atoms with Gasteiger partial charge in [0, 0.05) is 6.08 Å². The quantitative estimate of drug-likeness (QED) is 0.599. The highest BCUT2D eigenvalue weighted by molar-refractivity contribution is 5.82. The van der Waals surface area contributed by atoms with Crippen molar-refractivity contribution in [3.8, 4) is 0 Å². The number of cyclic esters (lactones) is 1. The minimum atomic E-state index is -0.269. The van der Waals surface area contributed by atoms with E-state index in [-0.39, 0.29) is 5.97 Å². The van der Waals surface area contributed by atoms with Crippen LogP contribution in [0.5, 0.6) is 0 Å². The Morgan fingerprint density at radius 1 is 0.737 bits per heavy atom. The average Bonchev–Trinajstić information content (AvgIpc) is 2.41. The lowest BCUT2D eigenvalue weighted by Gasteiger charge is -1.98. The van der Waals surface area contributed by atoms with E-state index in [1.165, 1.54) is 31.8 Å². The normalized spacial score (nSPS) is 26.4. The largest absolute Gasteiger partial charge is 0.462 e. The van der Waals surface area contributed by atoms with Gasteiger partial charge in [0.1, 0.15) is 0 Å². The van der Waals surface area contributed by atoms with Gasteiger partial charge in [-0.05, 0) is 32.1 Å². The van der Waals surface area contributed by atoms with Gasteiger partial charge in [0.15, 0.2) is 0 Å². The molecule has 0 saturated carbocycles. The molecule has 0 aromatic rings. The summed E-state index contributed by atoms with van der Waals surface area (Å²) in [5, 5.41) is 0. The number of carbonyl (C=O) groups excluding carboxylic acids is 1. The lowest BCUT2D eigenvalue weighted by Crippen LogP contribution is -2.00. The molecule has 1 aliphatic heterocycles. The van der Waals surface area contributed by atoms with Gasteiger partial charge in [0.2, 0.25) is 0 Å². The maximum Gasteiger partial charge on any atom is 0.330 e. The van der Waals surface area contributed by atoms with Gasteiger partial charge in [-0.1, -0.05) is 55.4 Å². The van der Waals surface area contributed by atoms with Crippen molar-refractivity contribution in [2.75, 3.05) is 6.61 Å². The molecule has 0 radical (unpaired) electrons. The van der Waals surface area contributed by atoms with Crippen LogP contribution >= 0.6 is 0 Å². The molecule has 0 aromatic heterocycles. The molecule has 0 N–H and O–H groups in total. The van der Waals surface area contributed by atoms with Crippen molar-refractivity contribution in [1.82, 2.24) is 0 Å². The fourth-order valence-corrected chi connectivity index (χ4v) is 1.81. The van der Waals surface area contributed by atoms with E-state index in [9.17, 15) is 4.79 Å². The van der Waals surface area contributed by atoms with E-state index in [1.54, 1.807) is 6.08 Å². The third-order valence-electron chi connectivity index (χ3n) is 2.88. The van der Waals surface area contributed by atoms with Crippen LogP contribution in [-0.4, -0.2) is 12.6 Å². The SMILES string of the molecule is O=C1/C=C\C=C/CCCCCC/C=C\C=C/CCO1. The Hall–Kier alpha value is -1.57. The summed E-state index contributed by atoms with van der Waals surface area (Å²) in [7, 11) is 0. The lowest BCUT2D eigenvalue weighted by molar-refractivity contribution is -0.137. The number of esters is 1. The summed E-state index contributed by atoms with van der Waals surface area (Å²) in [6.07, 6.45) is 23.6. The standard InChI is InChI=1S/C17H24O2/c18-17-15-13-11-9-7-5-3-1-2-4-6-8-10-12-14-16-19-17/h6,8-13,15H,1-5,7,14,16H2/b8-6-,11-9-,12-10-,15-13-. The van der Waals surface area contributed by atoms with E-state index in [2.05, 4.69) is 18.2 Å². The zero-order valence-electron chi connectivity index (χ0n) is 11.6. The smallest absolute Gasteiger partial charge is 0.330 e. The third kappa shape index (κ3) is 10.1. The van der Waals surface area contributed by atoms with Gasteiger partial charge in [-0.2, -0.15) is 0 Å². The molecule has 0 amide bonds. The zero-order valence-corrected chi connectivity index (χ0v) is 11.6. The highest BCUT2D eigenvalue weighted by Gasteiger charge is 1.93. The Labute approximate surface area is 116 Å². The van der Waals surface area contributed by atoms with Gasteiger partial charge in [-0.15, -0.1) is 0 Å². The Balaban J connectivity index is 2.37. The number of hydrogen-bond acceptors (Lipinski definition) is 2. The van der Waals surface area contributed by atoms with Crippen molar-refractivity contribution < 1.29 is 9.53 Å². The minimum absolute atomic E-state index is 0.269. The number of ether oxygens (including phenoxy) is 1. The second kappa shape index (κ2) is 11.5. The van der Waals surface area contributed by atoms with E-state index >= 15 is 0 Å². The molecule has 104 valence electrons. The molecule has 0 aromatic carbocycles.